The van der Waals surface area contributed by atoms with Gasteiger partial charge in [0.1, 0.15) is 18.6 Å². The van der Waals surface area contributed by atoms with Crippen LogP contribution in [0, 0.1) is 5.92 Å². The van der Waals surface area contributed by atoms with E-state index in [1.807, 2.05) is 0 Å². The van der Waals surface area contributed by atoms with Crippen LogP contribution in [0.4, 0.5) is 0 Å². The normalized spacial score (nSPS) is 10.7. The number of esters is 1. The first-order valence-electron chi connectivity index (χ1n) is 5.15. The van der Waals surface area contributed by atoms with E-state index >= 15 is 0 Å². The molecule has 0 saturated heterocycles. The standard InChI is InChI=1S/C10H17N3O2/c1-4-15-10(14)5-9-11-7-12-13(9)6-8(2)3/h7-8H,4-6H2,1-3H3. The maximum absolute atomic E-state index is 11.2. The van der Waals surface area contributed by atoms with Crippen molar-refractivity contribution < 1.29 is 9.53 Å². The van der Waals surface area contributed by atoms with Crippen molar-refractivity contribution in [2.24, 2.45) is 5.92 Å². The van der Waals surface area contributed by atoms with E-state index in [4.69, 9.17) is 4.74 Å². The van der Waals surface area contributed by atoms with Gasteiger partial charge in [0, 0.05) is 6.54 Å². The van der Waals surface area contributed by atoms with Crippen LogP contribution in [-0.4, -0.2) is 27.3 Å². The van der Waals surface area contributed by atoms with E-state index in [9.17, 15) is 4.79 Å². The lowest BCUT2D eigenvalue weighted by Crippen LogP contribution is -2.15. The van der Waals surface area contributed by atoms with Crippen molar-refractivity contribution in [3.05, 3.63) is 12.2 Å². The van der Waals surface area contributed by atoms with Crippen LogP contribution in [0.3, 0.4) is 0 Å². The Bertz CT molecular complexity index is 320. The molecule has 0 spiro atoms. The second-order valence-electron chi connectivity index (χ2n) is 3.73. The Balaban J connectivity index is 2.60. The van der Waals surface area contributed by atoms with Crippen LogP contribution < -0.4 is 0 Å². The Morgan fingerprint density at radius 1 is 1.60 bits per heavy atom. The molecule has 1 heterocycles. The van der Waals surface area contributed by atoms with Crippen molar-refractivity contribution in [1.82, 2.24) is 14.8 Å². The number of hydrogen-bond donors (Lipinski definition) is 0. The lowest BCUT2D eigenvalue weighted by Gasteiger charge is -2.07. The molecule has 5 nitrogen and oxygen atoms in total. The molecular formula is C10H17N3O2. The van der Waals surface area contributed by atoms with Gasteiger partial charge in [0.25, 0.3) is 0 Å². The zero-order chi connectivity index (χ0) is 11.3. The molecule has 0 fully saturated rings. The van der Waals surface area contributed by atoms with Crippen LogP contribution >= 0.6 is 0 Å². The van der Waals surface area contributed by atoms with Crippen molar-refractivity contribution >= 4 is 5.97 Å². The number of ether oxygens (including phenoxy) is 1. The first kappa shape index (κ1) is 11.7. The Labute approximate surface area is 89.5 Å². The van der Waals surface area contributed by atoms with Crippen LogP contribution in [0.5, 0.6) is 0 Å². The third-order valence-corrected chi connectivity index (χ3v) is 1.84. The van der Waals surface area contributed by atoms with Gasteiger partial charge in [-0.3, -0.25) is 4.79 Å². The van der Waals surface area contributed by atoms with Gasteiger partial charge in [-0.15, -0.1) is 0 Å². The quantitative estimate of drug-likeness (QED) is 0.683. The third-order valence-electron chi connectivity index (χ3n) is 1.84. The second kappa shape index (κ2) is 5.48. The monoisotopic (exact) mass is 211 g/mol. The maximum Gasteiger partial charge on any atom is 0.313 e. The van der Waals surface area contributed by atoms with Gasteiger partial charge < -0.3 is 4.74 Å². The van der Waals surface area contributed by atoms with Gasteiger partial charge in [0.15, 0.2) is 0 Å². The number of carbonyl (C=O) groups is 1. The fourth-order valence-corrected chi connectivity index (χ4v) is 1.26. The van der Waals surface area contributed by atoms with E-state index in [0.717, 1.165) is 6.54 Å². The molecule has 0 unspecified atom stereocenters. The summed E-state index contributed by atoms with van der Waals surface area (Å²) in [4.78, 5) is 15.3. The van der Waals surface area contributed by atoms with Crippen molar-refractivity contribution in [2.75, 3.05) is 6.61 Å². The Kier molecular flexibility index (Phi) is 4.27. The van der Waals surface area contributed by atoms with Gasteiger partial charge in [-0.25, -0.2) is 9.67 Å². The van der Waals surface area contributed by atoms with Crippen LogP contribution in [0.15, 0.2) is 6.33 Å². The van der Waals surface area contributed by atoms with E-state index in [0.29, 0.717) is 18.3 Å². The minimum absolute atomic E-state index is 0.195. The van der Waals surface area contributed by atoms with Gasteiger partial charge in [0.2, 0.25) is 0 Å². The Hall–Kier alpha value is -1.39. The summed E-state index contributed by atoms with van der Waals surface area (Å²) in [6, 6.07) is 0. The summed E-state index contributed by atoms with van der Waals surface area (Å²) < 4.78 is 6.61. The van der Waals surface area contributed by atoms with E-state index < -0.39 is 0 Å². The summed E-state index contributed by atoms with van der Waals surface area (Å²) in [6.45, 7) is 7.15. The fraction of sp³-hybridized carbons (Fsp3) is 0.700. The number of rotatable bonds is 5. The predicted octanol–water partition coefficient (Wildman–Crippen LogP) is 1.04. The van der Waals surface area contributed by atoms with Crippen molar-refractivity contribution in [1.29, 1.82) is 0 Å². The summed E-state index contributed by atoms with van der Waals surface area (Å²) >= 11 is 0. The molecule has 0 atom stereocenters. The smallest absolute Gasteiger partial charge is 0.313 e. The van der Waals surface area contributed by atoms with Gasteiger partial charge in [0.05, 0.1) is 6.61 Å². The minimum Gasteiger partial charge on any atom is -0.466 e. The molecule has 0 aromatic carbocycles. The highest BCUT2D eigenvalue weighted by Crippen LogP contribution is 2.02. The van der Waals surface area contributed by atoms with Crippen LogP contribution in [-0.2, 0) is 22.5 Å². The topological polar surface area (TPSA) is 57.0 Å². The van der Waals surface area contributed by atoms with Gasteiger partial charge >= 0.3 is 5.97 Å². The summed E-state index contributed by atoms with van der Waals surface area (Å²) in [5, 5.41) is 4.07. The average molecular weight is 211 g/mol. The number of carbonyl (C=O) groups excluding carboxylic acids is 1. The second-order valence-corrected chi connectivity index (χ2v) is 3.73. The SMILES string of the molecule is CCOC(=O)Cc1ncnn1CC(C)C. The summed E-state index contributed by atoms with van der Waals surface area (Å²) in [5.74, 6) is 0.894. The number of nitrogens with zero attached hydrogens (tertiary/aromatic N) is 3. The van der Waals surface area contributed by atoms with Crippen molar-refractivity contribution in [3.63, 3.8) is 0 Å². The largest absolute Gasteiger partial charge is 0.466 e. The molecule has 0 aliphatic heterocycles. The molecule has 0 radical (unpaired) electrons. The van der Waals surface area contributed by atoms with E-state index in [-0.39, 0.29) is 12.4 Å². The van der Waals surface area contributed by atoms with Crippen LogP contribution in [0.2, 0.25) is 0 Å². The molecule has 84 valence electrons. The molecule has 15 heavy (non-hydrogen) atoms. The highest BCUT2D eigenvalue weighted by molar-refractivity contribution is 5.71. The molecule has 0 amide bonds. The molecule has 1 aromatic rings. The fourth-order valence-electron chi connectivity index (χ4n) is 1.26. The molecule has 0 bridgehead atoms. The minimum atomic E-state index is -0.254. The molecule has 1 aromatic heterocycles. The lowest BCUT2D eigenvalue weighted by molar-refractivity contribution is -0.142. The lowest BCUT2D eigenvalue weighted by atomic mass is 10.2. The molecule has 0 aliphatic carbocycles. The van der Waals surface area contributed by atoms with Crippen LogP contribution in [0.25, 0.3) is 0 Å². The summed E-state index contributed by atoms with van der Waals surface area (Å²) in [7, 11) is 0. The highest BCUT2D eigenvalue weighted by atomic mass is 16.5. The molecule has 5 heteroatoms. The molecule has 0 N–H and O–H groups in total. The summed E-state index contributed by atoms with van der Waals surface area (Å²) in [5.41, 5.74) is 0. The van der Waals surface area contributed by atoms with Crippen molar-refractivity contribution in [2.45, 2.75) is 33.7 Å². The first-order chi connectivity index (χ1) is 7.13. The maximum atomic E-state index is 11.2. The Morgan fingerprint density at radius 3 is 2.93 bits per heavy atom. The molecular weight excluding hydrogens is 194 g/mol. The average Bonchev–Trinajstić information content (AvgIpc) is 2.52. The van der Waals surface area contributed by atoms with Gasteiger partial charge in [-0.1, -0.05) is 13.8 Å². The molecule has 0 saturated carbocycles. The van der Waals surface area contributed by atoms with Crippen LogP contribution in [0.1, 0.15) is 26.6 Å². The van der Waals surface area contributed by atoms with E-state index in [2.05, 4.69) is 23.9 Å². The zero-order valence-corrected chi connectivity index (χ0v) is 9.43. The van der Waals surface area contributed by atoms with Gasteiger partial charge in [-0.2, -0.15) is 5.10 Å². The molecule has 1 rings (SSSR count). The first-order valence-corrected chi connectivity index (χ1v) is 5.15. The summed E-state index contributed by atoms with van der Waals surface area (Å²) in [6.07, 6.45) is 1.66. The van der Waals surface area contributed by atoms with Gasteiger partial charge in [-0.05, 0) is 12.8 Å². The Morgan fingerprint density at radius 2 is 2.33 bits per heavy atom. The number of aromatic nitrogens is 3. The number of hydrogen-bond acceptors (Lipinski definition) is 4. The van der Waals surface area contributed by atoms with E-state index in [1.165, 1.54) is 6.33 Å². The zero-order valence-electron chi connectivity index (χ0n) is 9.43. The highest BCUT2D eigenvalue weighted by Gasteiger charge is 2.11. The predicted molar refractivity (Wildman–Crippen MR) is 55.2 cm³/mol. The van der Waals surface area contributed by atoms with Crippen molar-refractivity contribution in [3.8, 4) is 0 Å². The third kappa shape index (κ3) is 3.69. The molecule has 0 aliphatic rings. The van der Waals surface area contributed by atoms with E-state index in [1.54, 1.807) is 11.6 Å².